The van der Waals surface area contributed by atoms with Crippen LogP contribution in [-0.4, -0.2) is 36.4 Å². The Morgan fingerprint density at radius 2 is 1.82 bits per heavy atom. The number of benzene rings is 2. The molecule has 1 heterocycles. The van der Waals surface area contributed by atoms with E-state index in [0.717, 1.165) is 15.0 Å². The number of amides is 1. The molecule has 6 nitrogen and oxygen atoms in total. The molecule has 144 valence electrons. The van der Waals surface area contributed by atoms with Crippen molar-refractivity contribution < 1.29 is 14.3 Å². The highest BCUT2D eigenvalue weighted by atomic mass is 79.9. The van der Waals surface area contributed by atoms with Gasteiger partial charge in [-0.15, -0.1) is 10.2 Å². The van der Waals surface area contributed by atoms with E-state index < -0.39 is 0 Å². The molecule has 1 amide bonds. The van der Waals surface area contributed by atoms with Gasteiger partial charge < -0.3 is 9.47 Å². The predicted octanol–water partition coefficient (Wildman–Crippen LogP) is 4.57. The van der Waals surface area contributed by atoms with Crippen molar-refractivity contribution in [3.63, 3.8) is 0 Å². The predicted molar refractivity (Wildman–Crippen MR) is 114 cm³/mol. The van der Waals surface area contributed by atoms with Crippen molar-refractivity contribution in [3.8, 4) is 22.1 Å². The summed E-state index contributed by atoms with van der Waals surface area (Å²) >= 11 is 4.75. The van der Waals surface area contributed by atoms with Gasteiger partial charge in [-0.1, -0.05) is 64.2 Å². The van der Waals surface area contributed by atoms with Gasteiger partial charge in [-0.25, -0.2) is 0 Å². The molecule has 1 aromatic heterocycles. The normalized spacial score (nSPS) is 10.4. The molecule has 0 radical (unpaired) electrons. The number of halogens is 1. The van der Waals surface area contributed by atoms with Gasteiger partial charge in [-0.2, -0.15) is 0 Å². The van der Waals surface area contributed by atoms with Gasteiger partial charge in [-0.05, 0) is 24.3 Å². The average Bonchev–Trinajstić information content (AvgIpc) is 3.21. The van der Waals surface area contributed by atoms with Crippen molar-refractivity contribution in [2.24, 2.45) is 0 Å². The highest BCUT2D eigenvalue weighted by Gasteiger charge is 2.18. The molecule has 0 N–H and O–H groups in total. The molecular weight excluding hydrogens is 442 g/mol. The first-order valence-corrected chi connectivity index (χ1v) is 10.0. The summed E-state index contributed by atoms with van der Waals surface area (Å²) in [6, 6.07) is 14.9. The summed E-state index contributed by atoms with van der Waals surface area (Å²) in [7, 11) is 1.65. The van der Waals surface area contributed by atoms with E-state index in [2.05, 4.69) is 32.7 Å². The van der Waals surface area contributed by atoms with Crippen LogP contribution in [0, 0.1) is 0 Å². The van der Waals surface area contributed by atoms with E-state index in [4.69, 9.17) is 9.47 Å². The summed E-state index contributed by atoms with van der Waals surface area (Å²) < 4.78 is 12.2. The molecule has 3 rings (SSSR count). The van der Waals surface area contributed by atoms with Crippen LogP contribution in [0.4, 0.5) is 5.13 Å². The van der Waals surface area contributed by atoms with Crippen LogP contribution in [0.2, 0.25) is 0 Å². The summed E-state index contributed by atoms with van der Waals surface area (Å²) in [6.45, 7) is 3.84. The maximum atomic E-state index is 12.5. The topological polar surface area (TPSA) is 64.6 Å². The van der Waals surface area contributed by atoms with Gasteiger partial charge in [0.2, 0.25) is 5.13 Å². The minimum absolute atomic E-state index is 0.141. The Hall–Kier alpha value is -2.71. The number of likely N-dealkylation sites (N-methyl/N-ethyl adjacent to an activating group) is 1. The van der Waals surface area contributed by atoms with E-state index in [1.165, 1.54) is 16.2 Å². The van der Waals surface area contributed by atoms with Gasteiger partial charge in [0.05, 0.1) is 0 Å². The standard InChI is InChI=1S/C20H18BrN3O3S/c1-3-12-26-16-6-4-5-7-17(16)27-13-18(25)24(2)20-23-22-19(28-20)14-8-10-15(21)11-9-14/h3-11H,1,12-13H2,2H3. The molecule has 3 aromatic rings. The Kier molecular flexibility index (Phi) is 6.78. The fourth-order valence-electron chi connectivity index (χ4n) is 2.24. The highest BCUT2D eigenvalue weighted by molar-refractivity contribution is 9.10. The lowest BCUT2D eigenvalue weighted by Crippen LogP contribution is -2.31. The zero-order valence-electron chi connectivity index (χ0n) is 15.2. The first-order valence-electron chi connectivity index (χ1n) is 8.40. The van der Waals surface area contributed by atoms with Crippen LogP contribution < -0.4 is 14.4 Å². The second-order valence-corrected chi connectivity index (χ2v) is 7.56. The number of ether oxygens (including phenoxy) is 2. The summed E-state index contributed by atoms with van der Waals surface area (Å²) in [5.74, 6) is 0.822. The van der Waals surface area contributed by atoms with Crippen LogP contribution in [0.5, 0.6) is 11.5 Å². The average molecular weight is 460 g/mol. The fraction of sp³-hybridized carbons (Fsp3) is 0.150. The third-order valence-electron chi connectivity index (χ3n) is 3.72. The number of para-hydroxylation sites is 2. The van der Waals surface area contributed by atoms with E-state index in [1.54, 1.807) is 25.3 Å². The minimum atomic E-state index is -0.239. The van der Waals surface area contributed by atoms with Crippen LogP contribution in [0.15, 0.2) is 65.7 Å². The van der Waals surface area contributed by atoms with E-state index in [9.17, 15) is 4.79 Å². The van der Waals surface area contributed by atoms with Crippen molar-refractivity contribution in [3.05, 3.63) is 65.7 Å². The van der Waals surface area contributed by atoms with Gasteiger partial charge in [0.15, 0.2) is 18.1 Å². The molecule has 8 heteroatoms. The quantitative estimate of drug-likeness (QED) is 0.461. The van der Waals surface area contributed by atoms with Crippen LogP contribution in [0.25, 0.3) is 10.6 Å². The van der Waals surface area contributed by atoms with Gasteiger partial charge in [0, 0.05) is 17.1 Å². The molecule has 0 atom stereocenters. The highest BCUT2D eigenvalue weighted by Crippen LogP contribution is 2.30. The largest absolute Gasteiger partial charge is 0.486 e. The molecule has 0 saturated carbocycles. The Morgan fingerprint density at radius 3 is 2.50 bits per heavy atom. The van der Waals surface area contributed by atoms with E-state index in [-0.39, 0.29) is 12.5 Å². The molecule has 0 aliphatic carbocycles. The summed E-state index contributed by atoms with van der Waals surface area (Å²) in [5, 5.41) is 9.54. The Morgan fingerprint density at radius 1 is 1.14 bits per heavy atom. The number of nitrogens with zero attached hydrogens (tertiary/aromatic N) is 3. The fourth-order valence-corrected chi connectivity index (χ4v) is 3.33. The van der Waals surface area contributed by atoms with Gasteiger partial charge in [-0.3, -0.25) is 9.69 Å². The van der Waals surface area contributed by atoms with Crippen LogP contribution in [0.3, 0.4) is 0 Å². The van der Waals surface area contributed by atoms with E-state index in [0.29, 0.717) is 23.2 Å². The number of anilines is 1. The second-order valence-electron chi connectivity index (χ2n) is 5.68. The van der Waals surface area contributed by atoms with Crippen LogP contribution >= 0.6 is 27.3 Å². The molecule has 0 aliphatic heterocycles. The maximum Gasteiger partial charge on any atom is 0.266 e. The third kappa shape index (κ3) is 4.96. The molecule has 28 heavy (non-hydrogen) atoms. The van der Waals surface area contributed by atoms with Crippen molar-refractivity contribution in [2.75, 3.05) is 25.2 Å². The van der Waals surface area contributed by atoms with Crippen LogP contribution in [0.1, 0.15) is 0 Å². The zero-order chi connectivity index (χ0) is 19.9. The molecule has 0 spiro atoms. The molecule has 0 unspecified atom stereocenters. The lowest BCUT2D eigenvalue weighted by molar-refractivity contribution is -0.120. The van der Waals surface area contributed by atoms with Gasteiger partial charge in [0.25, 0.3) is 5.91 Å². The first kappa shape index (κ1) is 20.0. The van der Waals surface area contributed by atoms with Crippen molar-refractivity contribution in [1.29, 1.82) is 0 Å². The van der Waals surface area contributed by atoms with Crippen molar-refractivity contribution in [2.45, 2.75) is 0 Å². The number of rotatable bonds is 8. The second kappa shape index (κ2) is 9.48. The van der Waals surface area contributed by atoms with Gasteiger partial charge >= 0.3 is 0 Å². The minimum Gasteiger partial charge on any atom is -0.486 e. The Bertz CT molecular complexity index is 959. The van der Waals surface area contributed by atoms with E-state index >= 15 is 0 Å². The monoisotopic (exact) mass is 459 g/mol. The molecule has 0 aliphatic rings. The third-order valence-corrected chi connectivity index (χ3v) is 5.30. The zero-order valence-corrected chi connectivity index (χ0v) is 17.6. The summed E-state index contributed by atoms with van der Waals surface area (Å²) in [5.41, 5.74) is 0.942. The summed E-state index contributed by atoms with van der Waals surface area (Å²) in [4.78, 5) is 13.9. The number of carbonyl (C=O) groups excluding carboxylic acids is 1. The molecule has 0 bridgehead atoms. The van der Waals surface area contributed by atoms with Crippen molar-refractivity contribution in [1.82, 2.24) is 10.2 Å². The molecule has 0 fully saturated rings. The molecule has 0 saturated heterocycles. The summed E-state index contributed by atoms with van der Waals surface area (Å²) in [6.07, 6.45) is 1.65. The SMILES string of the molecule is C=CCOc1ccccc1OCC(=O)N(C)c1nnc(-c2ccc(Br)cc2)s1. The maximum absolute atomic E-state index is 12.5. The number of aromatic nitrogens is 2. The lowest BCUT2D eigenvalue weighted by atomic mass is 10.2. The molecular formula is C20H18BrN3O3S. The van der Waals surface area contributed by atoms with Crippen LogP contribution in [-0.2, 0) is 4.79 Å². The number of carbonyl (C=O) groups is 1. The Balaban J connectivity index is 1.64. The molecule has 2 aromatic carbocycles. The Labute approximate surface area is 175 Å². The smallest absolute Gasteiger partial charge is 0.266 e. The number of hydrogen-bond acceptors (Lipinski definition) is 6. The van der Waals surface area contributed by atoms with E-state index in [1.807, 2.05) is 36.4 Å². The van der Waals surface area contributed by atoms with Crippen molar-refractivity contribution >= 4 is 38.3 Å². The first-order chi connectivity index (χ1) is 13.6. The van der Waals surface area contributed by atoms with Gasteiger partial charge in [0.1, 0.15) is 11.6 Å². The lowest BCUT2D eigenvalue weighted by Gasteiger charge is -2.15. The number of hydrogen-bond donors (Lipinski definition) is 0.